The molecule has 128 valence electrons. The number of thiazole rings is 1. The standard InChI is InChI=1S/C21H22N2OS/c1-4-15-10-12-17(13-11-15)21-22-14(3)19(25-21)20(24)23-18-9-7-6-8-16(18)5-2/h6-13H,4-5H2,1-3H3,(H,23,24). The van der Waals surface area contributed by atoms with Crippen molar-refractivity contribution in [3.8, 4) is 10.6 Å². The summed E-state index contributed by atoms with van der Waals surface area (Å²) in [6, 6.07) is 16.3. The minimum Gasteiger partial charge on any atom is -0.321 e. The predicted octanol–water partition coefficient (Wildman–Crippen LogP) is 5.50. The molecule has 2 aromatic carbocycles. The molecule has 0 aliphatic heterocycles. The van der Waals surface area contributed by atoms with Crippen LogP contribution in [0.1, 0.15) is 40.3 Å². The van der Waals surface area contributed by atoms with Gasteiger partial charge < -0.3 is 5.32 Å². The first-order chi connectivity index (χ1) is 12.1. The maximum absolute atomic E-state index is 12.7. The summed E-state index contributed by atoms with van der Waals surface area (Å²) in [7, 11) is 0. The average molecular weight is 350 g/mol. The Labute approximate surface area is 152 Å². The fourth-order valence-electron chi connectivity index (χ4n) is 2.74. The van der Waals surface area contributed by atoms with E-state index < -0.39 is 0 Å². The Morgan fingerprint density at radius 2 is 1.76 bits per heavy atom. The quantitative estimate of drug-likeness (QED) is 0.660. The predicted molar refractivity (Wildman–Crippen MR) is 105 cm³/mol. The third-order valence-electron chi connectivity index (χ3n) is 4.26. The van der Waals surface area contributed by atoms with Crippen molar-refractivity contribution >= 4 is 22.9 Å². The fraction of sp³-hybridized carbons (Fsp3) is 0.238. The average Bonchev–Trinajstić information content (AvgIpc) is 3.04. The minimum atomic E-state index is -0.0904. The maximum Gasteiger partial charge on any atom is 0.267 e. The molecule has 0 aliphatic rings. The van der Waals surface area contributed by atoms with Gasteiger partial charge in [0, 0.05) is 11.3 Å². The van der Waals surface area contributed by atoms with E-state index in [9.17, 15) is 4.79 Å². The molecule has 0 aliphatic carbocycles. The van der Waals surface area contributed by atoms with Gasteiger partial charge in [-0.15, -0.1) is 11.3 Å². The molecule has 3 aromatic rings. The van der Waals surface area contributed by atoms with E-state index in [0.29, 0.717) is 4.88 Å². The molecule has 0 saturated carbocycles. The van der Waals surface area contributed by atoms with Crippen LogP contribution in [-0.4, -0.2) is 10.9 Å². The molecule has 0 atom stereocenters. The molecule has 0 unspecified atom stereocenters. The Morgan fingerprint density at radius 3 is 2.44 bits per heavy atom. The zero-order chi connectivity index (χ0) is 17.8. The third-order valence-corrected chi connectivity index (χ3v) is 5.46. The lowest BCUT2D eigenvalue weighted by atomic mass is 10.1. The molecule has 1 heterocycles. The van der Waals surface area contributed by atoms with Crippen molar-refractivity contribution in [3.63, 3.8) is 0 Å². The minimum absolute atomic E-state index is 0.0904. The van der Waals surface area contributed by atoms with Gasteiger partial charge in [-0.3, -0.25) is 4.79 Å². The highest BCUT2D eigenvalue weighted by atomic mass is 32.1. The van der Waals surface area contributed by atoms with Gasteiger partial charge in [-0.2, -0.15) is 0 Å². The van der Waals surface area contributed by atoms with Gasteiger partial charge in [0.05, 0.1) is 5.69 Å². The maximum atomic E-state index is 12.7. The number of anilines is 1. The number of aromatic nitrogens is 1. The lowest BCUT2D eigenvalue weighted by Crippen LogP contribution is -2.12. The number of aryl methyl sites for hydroxylation is 3. The van der Waals surface area contributed by atoms with Crippen LogP contribution in [0.2, 0.25) is 0 Å². The lowest BCUT2D eigenvalue weighted by molar-refractivity contribution is 0.102. The molecule has 0 fully saturated rings. The highest BCUT2D eigenvalue weighted by molar-refractivity contribution is 7.17. The van der Waals surface area contributed by atoms with Gasteiger partial charge >= 0.3 is 0 Å². The van der Waals surface area contributed by atoms with Crippen LogP contribution in [0, 0.1) is 6.92 Å². The highest BCUT2D eigenvalue weighted by Crippen LogP contribution is 2.29. The van der Waals surface area contributed by atoms with Crippen LogP contribution in [0.15, 0.2) is 48.5 Å². The monoisotopic (exact) mass is 350 g/mol. The lowest BCUT2D eigenvalue weighted by Gasteiger charge is -2.08. The van der Waals surface area contributed by atoms with Crippen LogP contribution in [-0.2, 0) is 12.8 Å². The van der Waals surface area contributed by atoms with Gasteiger partial charge in [0.15, 0.2) is 0 Å². The highest BCUT2D eigenvalue weighted by Gasteiger charge is 2.17. The molecule has 25 heavy (non-hydrogen) atoms. The molecule has 0 saturated heterocycles. The number of benzene rings is 2. The summed E-state index contributed by atoms with van der Waals surface area (Å²) in [6.45, 7) is 6.11. The van der Waals surface area contributed by atoms with Crippen molar-refractivity contribution in [2.75, 3.05) is 5.32 Å². The summed E-state index contributed by atoms with van der Waals surface area (Å²) >= 11 is 1.44. The molecule has 1 N–H and O–H groups in total. The molecular weight excluding hydrogens is 328 g/mol. The third kappa shape index (κ3) is 3.80. The number of rotatable bonds is 5. The number of carbonyl (C=O) groups is 1. The molecule has 4 heteroatoms. The Hall–Kier alpha value is -2.46. The van der Waals surface area contributed by atoms with Gasteiger partial charge in [-0.1, -0.05) is 56.3 Å². The number of carbonyl (C=O) groups excluding carboxylic acids is 1. The second-order valence-electron chi connectivity index (χ2n) is 5.95. The van der Waals surface area contributed by atoms with Crippen LogP contribution in [0.4, 0.5) is 5.69 Å². The van der Waals surface area contributed by atoms with E-state index in [1.54, 1.807) is 0 Å². The van der Waals surface area contributed by atoms with Crippen LogP contribution < -0.4 is 5.32 Å². The summed E-state index contributed by atoms with van der Waals surface area (Å²) in [6.07, 6.45) is 1.90. The van der Waals surface area contributed by atoms with E-state index in [1.165, 1.54) is 16.9 Å². The number of hydrogen-bond donors (Lipinski definition) is 1. The van der Waals surface area contributed by atoms with Crippen molar-refractivity contribution in [1.82, 2.24) is 4.98 Å². The van der Waals surface area contributed by atoms with Gasteiger partial charge in [-0.25, -0.2) is 4.98 Å². The van der Waals surface area contributed by atoms with Crippen molar-refractivity contribution in [2.45, 2.75) is 33.6 Å². The first-order valence-electron chi connectivity index (χ1n) is 8.58. The van der Waals surface area contributed by atoms with Gasteiger partial charge in [-0.05, 0) is 37.0 Å². The smallest absolute Gasteiger partial charge is 0.267 e. The number of para-hydroxylation sites is 1. The number of nitrogens with zero attached hydrogens (tertiary/aromatic N) is 1. The first kappa shape index (κ1) is 17.4. The summed E-state index contributed by atoms with van der Waals surface area (Å²) in [5.74, 6) is -0.0904. The molecule has 3 rings (SSSR count). The SMILES string of the molecule is CCc1ccc(-c2nc(C)c(C(=O)Nc3ccccc3CC)s2)cc1. The van der Waals surface area contributed by atoms with Crippen molar-refractivity contribution in [1.29, 1.82) is 0 Å². The van der Waals surface area contributed by atoms with Gasteiger partial charge in [0.1, 0.15) is 9.88 Å². The molecule has 0 bridgehead atoms. The number of nitrogens with one attached hydrogen (secondary N) is 1. The second-order valence-corrected chi connectivity index (χ2v) is 6.95. The number of hydrogen-bond acceptors (Lipinski definition) is 3. The molecule has 0 spiro atoms. The summed E-state index contributed by atoms with van der Waals surface area (Å²) in [5.41, 5.74) is 5.13. The van der Waals surface area contributed by atoms with E-state index in [0.717, 1.165) is 40.4 Å². The second kappa shape index (κ2) is 7.62. The summed E-state index contributed by atoms with van der Waals surface area (Å²) < 4.78 is 0. The summed E-state index contributed by atoms with van der Waals surface area (Å²) in [4.78, 5) is 18.0. The number of amides is 1. The van der Waals surface area contributed by atoms with Crippen LogP contribution in [0.25, 0.3) is 10.6 Å². The zero-order valence-electron chi connectivity index (χ0n) is 14.8. The van der Waals surface area contributed by atoms with E-state index >= 15 is 0 Å². The first-order valence-corrected chi connectivity index (χ1v) is 9.40. The van der Waals surface area contributed by atoms with Gasteiger partial charge in [0.25, 0.3) is 5.91 Å². The normalized spacial score (nSPS) is 10.7. The van der Waals surface area contributed by atoms with Crippen molar-refractivity contribution in [3.05, 3.63) is 70.2 Å². The summed E-state index contributed by atoms with van der Waals surface area (Å²) in [5, 5.41) is 3.92. The van der Waals surface area contributed by atoms with Crippen molar-refractivity contribution < 1.29 is 4.79 Å². The van der Waals surface area contributed by atoms with E-state index in [4.69, 9.17) is 0 Å². The van der Waals surface area contributed by atoms with Crippen LogP contribution in [0.3, 0.4) is 0 Å². The van der Waals surface area contributed by atoms with Crippen molar-refractivity contribution in [2.24, 2.45) is 0 Å². The van der Waals surface area contributed by atoms with Gasteiger partial charge in [0.2, 0.25) is 0 Å². The molecule has 1 aromatic heterocycles. The molecular formula is C21H22N2OS. The molecule has 1 amide bonds. The Bertz CT molecular complexity index is 881. The molecule has 0 radical (unpaired) electrons. The Balaban J connectivity index is 1.85. The van der Waals surface area contributed by atoms with E-state index in [-0.39, 0.29) is 5.91 Å². The topological polar surface area (TPSA) is 42.0 Å². The van der Waals surface area contributed by atoms with E-state index in [1.807, 2.05) is 31.2 Å². The Kier molecular flexibility index (Phi) is 5.29. The molecule has 3 nitrogen and oxygen atoms in total. The fourth-order valence-corrected chi connectivity index (χ4v) is 3.71. The van der Waals surface area contributed by atoms with Crippen LogP contribution >= 0.6 is 11.3 Å². The van der Waals surface area contributed by atoms with E-state index in [2.05, 4.69) is 48.4 Å². The van der Waals surface area contributed by atoms with Crippen LogP contribution in [0.5, 0.6) is 0 Å². The largest absolute Gasteiger partial charge is 0.321 e. The Morgan fingerprint density at radius 1 is 1.04 bits per heavy atom. The zero-order valence-corrected chi connectivity index (χ0v) is 15.6.